The molecule has 0 radical (unpaired) electrons. The highest BCUT2D eigenvalue weighted by Crippen LogP contribution is 2.26. The Kier molecular flexibility index (Phi) is 4.83. The SMILES string of the molecule is CC(=O)Nc1ccc(Oc2cncc(C3CCNCC3)n2)cc1. The molecular weight excluding hydrogens is 292 g/mol. The van der Waals surface area contributed by atoms with Crippen LogP contribution in [-0.4, -0.2) is 29.0 Å². The van der Waals surface area contributed by atoms with Gasteiger partial charge < -0.3 is 15.4 Å². The van der Waals surface area contributed by atoms with E-state index in [4.69, 9.17) is 4.74 Å². The van der Waals surface area contributed by atoms with Gasteiger partial charge in [-0.15, -0.1) is 0 Å². The first-order chi connectivity index (χ1) is 11.2. The lowest BCUT2D eigenvalue weighted by atomic mass is 9.95. The minimum atomic E-state index is -0.0980. The maximum Gasteiger partial charge on any atom is 0.238 e. The van der Waals surface area contributed by atoms with Gasteiger partial charge in [-0.3, -0.25) is 9.78 Å². The number of hydrogen-bond donors (Lipinski definition) is 2. The van der Waals surface area contributed by atoms with Crippen LogP contribution in [-0.2, 0) is 4.79 Å². The number of aromatic nitrogens is 2. The van der Waals surface area contributed by atoms with Crippen LogP contribution >= 0.6 is 0 Å². The van der Waals surface area contributed by atoms with Crippen molar-refractivity contribution in [3.05, 3.63) is 42.4 Å². The molecule has 1 saturated heterocycles. The fourth-order valence-corrected chi connectivity index (χ4v) is 2.66. The summed E-state index contributed by atoms with van der Waals surface area (Å²) in [5, 5.41) is 6.07. The molecular formula is C17H20N4O2. The van der Waals surface area contributed by atoms with Gasteiger partial charge >= 0.3 is 0 Å². The average Bonchev–Trinajstić information content (AvgIpc) is 2.57. The van der Waals surface area contributed by atoms with Gasteiger partial charge in [0.05, 0.1) is 11.9 Å². The molecule has 2 N–H and O–H groups in total. The third kappa shape index (κ3) is 4.26. The van der Waals surface area contributed by atoms with Crippen molar-refractivity contribution >= 4 is 11.6 Å². The molecule has 0 unspecified atom stereocenters. The molecule has 6 nitrogen and oxygen atoms in total. The monoisotopic (exact) mass is 312 g/mol. The van der Waals surface area contributed by atoms with Crippen molar-refractivity contribution in [3.8, 4) is 11.6 Å². The van der Waals surface area contributed by atoms with E-state index >= 15 is 0 Å². The van der Waals surface area contributed by atoms with Crippen LogP contribution in [0, 0.1) is 0 Å². The minimum Gasteiger partial charge on any atom is -0.437 e. The van der Waals surface area contributed by atoms with E-state index in [0.717, 1.165) is 37.3 Å². The number of rotatable bonds is 4. The summed E-state index contributed by atoms with van der Waals surface area (Å²) in [4.78, 5) is 19.8. The van der Waals surface area contributed by atoms with Crippen molar-refractivity contribution in [1.82, 2.24) is 15.3 Å². The molecule has 1 aromatic heterocycles. The van der Waals surface area contributed by atoms with Gasteiger partial charge in [0.25, 0.3) is 0 Å². The molecule has 6 heteroatoms. The highest BCUT2D eigenvalue weighted by molar-refractivity contribution is 5.88. The van der Waals surface area contributed by atoms with Gasteiger partial charge in [-0.25, -0.2) is 4.98 Å². The third-order valence-electron chi connectivity index (χ3n) is 3.79. The topological polar surface area (TPSA) is 76.1 Å². The van der Waals surface area contributed by atoms with E-state index in [1.807, 2.05) is 6.20 Å². The Morgan fingerprint density at radius 2 is 1.96 bits per heavy atom. The fourth-order valence-electron chi connectivity index (χ4n) is 2.66. The maximum absolute atomic E-state index is 11.0. The number of carbonyl (C=O) groups excluding carboxylic acids is 1. The summed E-state index contributed by atoms with van der Waals surface area (Å²) in [7, 11) is 0. The minimum absolute atomic E-state index is 0.0980. The molecule has 120 valence electrons. The number of amides is 1. The van der Waals surface area contributed by atoms with Crippen LogP contribution in [0.1, 0.15) is 31.4 Å². The first kappa shape index (κ1) is 15.4. The molecule has 0 aliphatic carbocycles. The number of ether oxygens (including phenoxy) is 1. The summed E-state index contributed by atoms with van der Waals surface area (Å²) < 4.78 is 5.77. The normalized spacial score (nSPS) is 15.2. The van der Waals surface area contributed by atoms with Gasteiger partial charge in [0.2, 0.25) is 11.8 Å². The maximum atomic E-state index is 11.0. The number of nitrogens with one attached hydrogen (secondary N) is 2. The Hall–Kier alpha value is -2.47. The molecule has 1 aliphatic rings. The molecule has 0 spiro atoms. The quantitative estimate of drug-likeness (QED) is 0.908. The largest absolute Gasteiger partial charge is 0.437 e. The van der Waals surface area contributed by atoms with Crippen molar-refractivity contribution in [3.63, 3.8) is 0 Å². The van der Waals surface area contributed by atoms with Crippen LogP contribution in [0.3, 0.4) is 0 Å². The molecule has 3 rings (SSSR count). The highest BCUT2D eigenvalue weighted by atomic mass is 16.5. The molecule has 1 fully saturated rings. The summed E-state index contributed by atoms with van der Waals surface area (Å²) in [5.41, 5.74) is 1.72. The molecule has 1 aliphatic heterocycles. The Morgan fingerprint density at radius 1 is 1.22 bits per heavy atom. The molecule has 2 aromatic rings. The smallest absolute Gasteiger partial charge is 0.238 e. The molecule has 0 saturated carbocycles. The molecule has 2 heterocycles. The lowest BCUT2D eigenvalue weighted by Crippen LogP contribution is -2.27. The van der Waals surface area contributed by atoms with Crippen molar-refractivity contribution in [2.45, 2.75) is 25.7 Å². The molecule has 23 heavy (non-hydrogen) atoms. The highest BCUT2D eigenvalue weighted by Gasteiger charge is 2.17. The van der Waals surface area contributed by atoms with E-state index in [2.05, 4.69) is 20.6 Å². The van der Waals surface area contributed by atoms with Crippen molar-refractivity contribution in [2.24, 2.45) is 0 Å². The second-order valence-electron chi connectivity index (χ2n) is 5.61. The van der Waals surface area contributed by atoms with Crippen LogP contribution < -0.4 is 15.4 Å². The standard InChI is InChI=1S/C17H20N4O2/c1-12(22)20-14-2-4-15(5-3-14)23-17-11-19-10-16(21-17)13-6-8-18-9-7-13/h2-5,10-11,13,18H,6-9H2,1H3,(H,20,22). The van der Waals surface area contributed by atoms with Crippen molar-refractivity contribution in [2.75, 3.05) is 18.4 Å². The van der Waals surface area contributed by atoms with E-state index in [-0.39, 0.29) is 5.91 Å². The summed E-state index contributed by atoms with van der Waals surface area (Å²) in [6.07, 6.45) is 5.59. The summed E-state index contributed by atoms with van der Waals surface area (Å²) in [6, 6.07) is 7.18. The van der Waals surface area contributed by atoms with Gasteiger partial charge in [-0.05, 0) is 50.2 Å². The number of anilines is 1. The second kappa shape index (κ2) is 7.19. The molecule has 0 bridgehead atoms. The summed E-state index contributed by atoms with van der Waals surface area (Å²) >= 11 is 0. The van der Waals surface area contributed by atoms with Gasteiger partial charge in [0, 0.05) is 24.7 Å². The van der Waals surface area contributed by atoms with E-state index in [0.29, 0.717) is 17.5 Å². The predicted octanol–water partition coefficient (Wildman–Crippen LogP) is 2.69. The third-order valence-corrected chi connectivity index (χ3v) is 3.79. The predicted molar refractivity (Wildman–Crippen MR) is 87.7 cm³/mol. The lowest BCUT2D eigenvalue weighted by Gasteiger charge is -2.21. The fraction of sp³-hybridized carbons (Fsp3) is 0.353. The van der Waals surface area contributed by atoms with Crippen LogP contribution in [0.25, 0.3) is 0 Å². The van der Waals surface area contributed by atoms with Crippen molar-refractivity contribution in [1.29, 1.82) is 0 Å². The van der Waals surface area contributed by atoms with Crippen LogP contribution in [0.4, 0.5) is 5.69 Å². The van der Waals surface area contributed by atoms with Gasteiger partial charge in [0.1, 0.15) is 5.75 Å². The van der Waals surface area contributed by atoms with Crippen LogP contribution in [0.15, 0.2) is 36.7 Å². The van der Waals surface area contributed by atoms with Crippen LogP contribution in [0.2, 0.25) is 0 Å². The zero-order valence-corrected chi connectivity index (χ0v) is 13.1. The van der Waals surface area contributed by atoms with Crippen LogP contribution in [0.5, 0.6) is 11.6 Å². The van der Waals surface area contributed by atoms with Gasteiger partial charge in [-0.1, -0.05) is 0 Å². The summed E-state index contributed by atoms with van der Waals surface area (Å²) in [6.45, 7) is 3.51. The van der Waals surface area contributed by atoms with E-state index in [1.54, 1.807) is 30.5 Å². The van der Waals surface area contributed by atoms with E-state index in [9.17, 15) is 4.79 Å². The molecule has 0 atom stereocenters. The number of benzene rings is 1. The Labute approximate surface area is 135 Å². The number of carbonyl (C=O) groups is 1. The van der Waals surface area contributed by atoms with Crippen molar-refractivity contribution < 1.29 is 9.53 Å². The Bertz CT molecular complexity index is 667. The number of hydrogen-bond acceptors (Lipinski definition) is 5. The summed E-state index contributed by atoms with van der Waals surface area (Å²) in [5.74, 6) is 1.50. The second-order valence-corrected chi connectivity index (χ2v) is 5.61. The van der Waals surface area contributed by atoms with Gasteiger partial charge in [0.15, 0.2) is 0 Å². The Balaban J connectivity index is 1.68. The molecule has 1 aromatic carbocycles. The first-order valence-electron chi connectivity index (χ1n) is 7.79. The Morgan fingerprint density at radius 3 is 2.65 bits per heavy atom. The number of piperidine rings is 1. The van der Waals surface area contributed by atoms with Gasteiger partial charge in [-0.2, -0.15) is 0 Å². The zero-order valence-electron chi connectivity index (χ0n) is 13.1. The zero-order chi connectivity index (χ0) is 16.1. The van der Waals surface area contributed by atoms with E-state index < -0.39 is 0 Å². The lowest BCUT2D eigenvalue weighted by molar-refractivity contribution is -0.114. The van der Waals surface area contributed by atoms with E-state index in [1.165, 1.54) is 6.92 Å². The first-order valence-corrected chi connectivity index (χ1v) is 7.79. The molecule has 1 amide bonds. The average molecular weight is 312 g/mol. The number of nitrogens with zero attached hydrogens (tertiary/aromatic N) is 2.